The number of allylic oxidation sites excluding steroid dienone is 2. The van der Waals surface area contributed by atoms with Crippen LogP contribution in [0.25, 0.3) is 21.7 Å². The number of Topliss-reactive ketones (excluding diaryl/α,β-unsaturated/α-hetero) is 1. The minimum Gasteiger partial charge on any atom is -0.507 e. The summed E-state index contributed by atoms with van der Waals surface area (Å²) in [5.41, 5.74) is 2.63. The number of aromatic hydroxyl groups is 2. The van der Waals surface area contributed by atoms with Crippen LogP contribution in [-0.4, -0.2) is 126 Å². The molecule has 6 aliphatic heterocycles. The Morgan fingerprint density at radius 1 is 0.920 bits per heavy atom. The van der Waals surface area contributed by atoms with E-state index in [0.29, 0.717) is 51.4 Å². The van der Waals surface area contributed by atoms with Gasteiger partial charge in [0.05, 0.1) is 41.2 Å². The summed E-state index contributed by atoms with van der Waals surface area (Å²) in [6.45, 7) is 18.3. The first kappa shape index (κ1) is 53.2. The highest BCUT2D eigenvalue weighted by Gasteiger charge is 2.51. The SMILES string of the molecule is C/C1=C/C=C/[C@H](C)[C@H](O)[C@@H](C)[C@@H](O)[C@@H](C)[C@H](OC(=O)CC(=O)N2CCc3[nH]c4ccccc4c3C2)[C@H](C)[C@@H](O)/C=C/O[C@@]2(C)Oc3c(C)c(O)c4c(O)c(c5c(c4c3C2=O)NC2(CCN(CC(C)C)CC2)N=5)=NC1=O. The number of piperidine rings is 1. The molecule has 2 amide bonds. The Kier molecular flexibility index (Phi) is 14.6. The summed E-state index contributed by atoms with van der Waals surface area (Å²) >= 11 is 0. The van der Waals surface area contributed by atoms with Crippen molar-refractivity contribution >= 4 is 50.9 Å². The average molecular weight is 1030 g/mol. The van der Waals surface area contributed by atoms with Gasteiger partial charge < -0.3 is 59.8 Å². The number of aliphatic hydroxyl groups is 3. The lowest BCUT2D eigenvalue weighted by atomic mass is 9.78. The molecule has 0 aliphatic carbocycles. The smallest absolute Gasteiger partial charge is 0.315 e. The predicted octanol–water partition coefficient (Wildman–Crippen LogP) is 5.53. The molecule has 1 spiro atoms. The number of benzene rings is 3. The molecule has 1 saturated heterocycles. The van der Waals surface area contributed by atoms with Crippen LogP contribution < -0.4 is 20.8 Å². The molecule has 7 heterocycles. The number of nitrogens with one attached hydrogen (secondary N) is 2. The van der Waals surface area contributed by atoms with Crippen molar-refractivity contribution in [3.8, 4) is 17.2 Å². The van der Waals surface area contributed by atoms with E-state index in [9.17, 15) is 44.7 Å². The number of aromatic amines is 1. The number of anilines is 1. The molecule has 18 heteroatoms. The summed E-state index contributed by atoms with van der Waals surface area (Å²) in [4.78, 5) is 73.5. The van der Waals surface area contributed by atoms with Crippen LogP contribution in [0.5, 0.6) is 17.2 Å². The van der Waals surface area contributed by atoms with Gasteiger partial charge in [0.15, 0.2) is 5.75 Å². The van der Waals surface area contributed by atoms with Gasteiger partial charge in [-0.25, -0.2) is 4.99 Å². The lowest BCUT2D eigenvalue weighted by Crippen LogP contribution is -2.47. The molecule has 10 rings (SSSR count). The third-order valence-corrected chi connectivity index (χ3v) is 16.2. The van der Waals surface area contributed by atoms with Crippen LogP contribution in [0.4, 0.5) is 5.69 Å². The second-order valence-corrected chi connectivity index (χ2v) is 22.0. The Morgan fingerprint density at radius 3 is 2.36 bits per heavy atom. The van der Waals surface area contributed by atoms with Gasteiger partial charge in [0.1, 0.15) is 40.4 Å². The van der Waals surface area contributed by atoms with Crippen molar-refractivity contribution in [3.05, 3.63) is 93.5 Å². The van der Waals surface area contributed by atoms with E-state index in [4.69, 9.17) is 19.2 Å². The molecule has 1 fully saturated rings. The fraction of sp³-hybridized carbons (Fsp3) is 0.509. The Balaban J connectivity index is 1.06. The fourth-order valence-corrected chi connectivity index (χ4v) is 11.6. The molecule has 0 radical (unpaired) electrons. The van der Waals surface area contributed by atoms with Crippen LogP contribution in [0.15, 0.2) is 70.4 Å². The number of rotatable bonds is 5. The standard InChI is InChI=1S/C57H70N6O12/c1-28(2)26-62-22-19-57(20-23-62)60-45-42-43-50(69)34(8)53-44(42)54(71)56(9,75-53)73-24-18-39(64)31(5)52(74-41(66)25-40(65)63-21-17-38-36(27-63)35-15-10-11-16-37(35)58-38)33(7)49(68)32(6)48(67)29(3)13-12-14-30(4)55(72)59-47(51(43)70)46(45)61-57/h10-16,18,24,28-29,31-33,39,48-49,52,58,60,64,67-70H,17,19-23,25-27H2,1-9H3/b13-12+,24-18+,30-14-,59-47?/t29-,31+,32+,33+,39-,48-,49+,52+,56-/m0/s1. The molecular formula is C57H70N6O12. The minimum atomic E-state index is -2.08. The van der Waals surface area contributed by atoms with E-state index in [1.54, 1.807) is 51.7 Å². The van der Waals surface area contributed by atoms with Crippen LogP contribution in [0, 0.1) is 36.5 Å². The van der Waals surface area contributed by atoms with E-state index in [0.717, 1.165) is 35.0 Å². The van der Waals surface area contributed by atoms with Crippen LogP contribution >= 0.6 is 0 Å². The van der Waals surface area contributed by atoms with Crippen LogP contribution in [0.1, 0.15) is 102 Å². The zero-order valence-electron chi connectivity index (χ0n) is 44.1. The van der Waals surface area contributed by atoms with Crippen molar-refractivity contribution < 1.29 is 58.9 Å². The predicted molar refractivity (Wildman–Crippen MR) is 279 cm³/mol. The van der Waals surface area contributed by atoms with Crippen molar-refractivity contribution in [2.45, 2.75) is 130 Å². The van der Waals surface area contributed by atoms with Crippen molar-refractivity contribution in [2.24, 2.45) is 39.6 Å². The van der Waals surface area contributed by atoms with E-state index in [1.165, 1.54) is 26.0 Å². The lowest BCUT2D eigenvalue weighted by Gasteiger charge is -2.38. The summed E-state index contributed by atoms with van der Waals surface area (Å²) < 4.78 is 18.5. The second kappa shape index (κ2) is 20.5. The van der Waals surface area contributed by atoms with Crippen LogP contribution in [0.2, 0.25) is 0 Å². The van der Waals surface area contributed by atoms with Crippen LogP contribution in [0.3, 0.4) is 0 Å². The number of amides is 2. The Bertz CT molecular complexity index is 3190. The summed E-state index contributed by atoms with van der Waals surface area (Å²) in [7, 11) is 0. The number of phenolic OH excluding ortho intramolecular Hbond substituents is 2. The monoisotopic (exact) mass is 1030 g/mol. The second-order valence-electron chi connectivity index (χ2n) is 22.0. The number of para-hydroxylation sites is 1. The third kappa shape index (κ3) is 9.81. The largest absolute Gasteiger partial charge is 0.507 e. The topological polar surface area (TPSA) is 256 Å². The highest BCUT2D eigenvalue weighted by Crippen LogP contribution is 2.51. The van der Waals surface area contributed by atoms with E-state index in [-0.39, 0.29) is 49.6 Å². The van der Waals surface area contributed by atoms with E-state index < -0.39 is 101 Å². The number of likely N-dealkylation sites (tertiary alicyclic amines) is 1. The van der Waals surface area contributed by atoms with Gasteiger partial charge >= 0.3 is 11.8 Å². The van der Waals surface area contributed by atoms with Gasteiger partial charge in [-0.2, -0.15) is 0 Å². The number of ketones is 1. The Labute approximate surface area is 435 Å². The summed E-state index contributed by atoms with van der Waals surface area (Å²) in [6, 6.07) is 7.83. The van der Waals surface area contributed by atoms with Crippen molar-refractivity contribution in [2.75, 3.05) is 31.5 Å². The summed E-state index contributed by atoms with van der Waals surface area (Å²) in [5.74, 6) is -8.63. The molecule has 9 atom stereocenters. The van der Waals surface area contributed by atoms with Gasteiger partial charge in [-0.05, 0) is 31.9 Å². The zero-order chi connectivity index (χ0) is 54.0. The number of carbonyl (C=O) groups is 4. The molecular weight excluding hydrogens is 961 g/mol. The molecule has 0 saturated carbocycles. The quantitative estimate of drug-likeness (QED) is 0.0738. The van der Waals surface area contributed by atoms with E-state index in [1.807, 2.05) is 24.3 Å². The molecule has 400 valence electrons. The number of phenols is 2. The summed E-state index contributed by atoms with van der Waals surface area (Å²) in [5, 5.41) is 64.0. The highest BCUT2D eigenvalue weighted by molar-refractivity contribution is 6.21. The number of carbonyl (C=O) groups excluding carboxylic acids is 4. The maximum atomic E-state index is 14.9. The molecule has 7 N–H and O–H groups in total. The number of hydrogen-bond acceptors (Lipinski definition) is 15. The van der Waals surface area contributed by atoms with Gasteiger partial charge in [-0.1, -0.05) is 78.0 Å². The molecule has 5 bridgehead atoms. The average Bonchev–Trinajstić information content (AvgIpc) is 4.08. The number of fused-ring (bicyclic) bond motifs is 16. The number of nitrogens with zero attached hydrogens (tertiary/aromatic N) is 4. The first-order chi connectivity index (χ1) is 35.5. The fourth-order valence-electron chi connectivity index (χ4n) is 11.6. The van der Waals surface area contributed by atoms with Gasteiger partial charge in [-0.3, -0.25) is 24.2 Å². The number of aromatic nitrogens is 1. The number of H-pyrrole nitrogens is 1. The van der Waals surface area contributed by atoms with E-state index in [2.05, 4.69) is 34.0 Å². The molecule has 18 nitrogen and oxygen atoms in total. The lowest BCUT2D eigenvalue weighted by molar-refractivity contribution is -0.165. The van der Waals surface area contributed by atoms with Gasteiger partial charge in [0.2, 0.25) is 5.91 Å². The zero-order valence-corrected chi connectivity index (χ0v) is 44.1. The van der Waals surface area contributed by atoms with Crippen molar-refractivity contribution in [1.82, 2.24) is 14.8 Å². The number of ether oxygens (including phenoxy) is 3. The number of aliphatic hydroxyl groups excluding tert-OH is 3. The number of hydrogen-bond donors (Lipinski definition) is 7. The van der Waals surface area contributed by atoms with Crippen molar-refractivity contribution in [3.63, 3.8) is 0 Å². The molecule has 3 aromatic carbocycles. The maximum absolute atomic E-state index is 14.9. The number of esters is 1. The first-order valence-corrected chi connectivity index (χ1v) is 26.1. The van der Waals surface area contributed by atoms with Gasteiger partial charge in [0, 0.05) is 121 Å². The summed E-state index contributed by atoms with van der Waals surface area (Å²) in [6.07, 6.45) is 3.05. The normalized spacial score (nSPS) is 29.7. The Morgan fingerprint density at radius 2 is 1.64 bits per heavy atom. The Hall–Kier alpha value is -6.60. The van der Waals surface area contributed by atoms with E-state index >= 15 is 0 Å². The molecule has 75 heavy (non-hydrogen) atoms. The first-order valence-electron chi connectivity index (χ1n) is 26.1. The minimum absolute atomic E-state index is 0.0101. The molecule has 1 aromatic heterocycles. The molecule has 4 aromatic rings. The van der Waals surface area contributed by atoms with Crippen LogP contribution in [-0.2, 0) is 36.8 Å². The molecule has 0 unspecified atom stereocenters. The highest BCUT2D eigenvalue weighted by atomic mass is 16.7. The third-order valence-electron chi connectivity index (χ3n) is 16.2. The van der Waals surface area contributed by atoms with Gasteiger partial charge in [0.25, 0.3) is 11.7 Å². The van der Waals surface area contributed by atoms with Crippen molar-refractivity contribution in [1.29, 1.82) is 0 Å². The molecule has 6 aliphatic rings. The maximum Gasteiger partial charge on any atom is 0.315 e. The van der Waals surface area contributed by atoms with Gasteiger partial charge in [-0.15, -0.1) is 0 Å².